The molecule has 0 radical (unpaired) electrons. The maximum Gasteiger partial charge on any atom is 0.408 e. The fourth-order valence-corrected chi connectivity index (χ4v) is 9.75. The van der Waals surface area contributed by atoms with Crippen molar-refractivity contribution in [2.24, 2.45) is 28.6 Å². The largest absolute Gasteiger partial charge is 0.479 e. The van der Waals surface area contributed by atoms with E-state index in [2.05, 4.69) is 26.1 Å². The predicted molar refractivity (Wildman–Crippen MR) is 258 cm³/mol. The Bertz CT molecular complexity index is 2180. The van der Waals surface area contributed by atoms with Crippen LogP contribution in [0.1, 0.15) is 139 Å². The van der Waals surface area contributed by atoms with E-state index in [0.717, 1.165) is 5.92 Å². The Morgan fingerprint density at radius 2 is 1.39 bits per heavy atom. The molecule has 0 spiro atoms. The number of aliphatic hydroxyl groups is 4. The predicted octanol–water partition coefficient (Wildman–Crippen LogP) is 6.68. The van der Waals surface area contributed by atoms with Crippen molar-refractivity contribution in [3.8, 4) is 0 Å². The lowest BCUT2D eigenvalue weighted by Gasteiger charge is -2.67. The summed E-state index contributed by atoms with van der Waals surface area (Å²) in [6, 6.07) is 15.8. The molecule has 2 aromatic carbocycles. The Morgan fingerprint density at radius 3 is 1.84 bits per heavy atom. The minimum Gasteiger partial charge on any atom is -0.479 e. The van der Waals surface area contributed by atoms with Crippen molar-refractivity contribution in [2.45, 2.75) is 176 Å². The summed E-state index contributed by atoms with van der Waals surface area (Å²) in [5.74, 6) is -6.15. The topological polar surface area (TPSA) is 262 Å². The molecule has 17 nitrogen and oxygen atoms in total. The molecule has 2 aromatic rings. The number of carboxylic acids is 1. The molecule has 1 heterocycles. The van der Waals surface area contributed by atoms with E-state index in [1.54, 1.807) is 97.0 Å². The molecule has 12 atom stereocenters. The van der Waals surface area contributed by atoms with E-state index >= 15 is 0 Å². The third kappa shape index (κ3) is 12.4. The number of fused-ring (bicyclic) bond motifs is 5. The third-order valence-corrected chi connectivity index (χ3v) is 13.2. The number of alkyl carbamates (subject to hydrolysis) is 1. The van der Waals surface area contributed by atoms with Crippen LogP contribution in [0.4, 0.5) is 4.79 Å². The van der Waals surface area contributed by atoms with Crippen LogP contribution in [0, 0.1) is 28.6 Å². The number of aliphatic hydroxyl groups excluding tert-OH is 3. The number of rotatable bonds is 9. The zero-order valence-electron chi connectivity index (χ0n) is 43.4. The van der Waals surface area contributed by atoms with Crippen LogP contribution >= 0.6 is 0 Å². The second-order valence-corrected chi connectivity index (χ2v) is 20.7. The quantitative estimate of drug-likeness (QED) is 0.0870. The van der Waals surface area contributed by atoms with E-state index in [-0.39, 0.29) is 29.7 Å². The number of ketones is 1. The van der Waals surface area contributed by atoms with Crippen LogP contribution in [0.15, 0.2) is 71.8 Å². The lowest BCUT2D eigenvalue weighted by atomic mass is 9.44. The van der Waals surface area contributed by atoms with Gasteiger partial charge in [0.1, 0.15) is 41.7 Å². The summed E-state index contributed by atoms with van der Waals surface area (Å²) >= 11 is 0. The van der Waals surface area contributed by atoms with E-state index in [1.165, 1.54) is 32.9 Å². The molecule has 2 saturated carbocycles. The van der Waals surface area contributed by atoms with Gasteiger partial charge in [0, 0.05) is 25.2 Å². The zero-order valence-corrected chi connectivity index (χ0v) is 43.4. The molecule has 4 aliphatic rings. The molecule has 1 aliphatic heterocycles. The molecule has 6 rings (SSSR count). The highest BCUT2D eigenvalue weighted by molar-refractivity contribution is 5.94. The summed E-state index contributed by atoms with van der Waals surface area (Å²) in [4.78, 5) is 78.8. The standard InChI is InChI=1S/C44H55NO13.C4H10.C3H6O3.C2H6/c1-23-28(55-37(50)24(2)32(26-16-12-10-13-17-26)45-39(52)58-40(4,5)6)21-44(53)36(56-38(51)27-18-14-11-15-19-27)34-42(9,35(49)33(48)31(23)41(44,7)8)29(47)20-30-43(34,22-54-30)57-25(3)46;1-4(2)3;1-2(4)3(5)6;1-2/h10-19,24,28-30,32-34,36,47-48,53H,20-22H2,1-9H3,(H,45,52);4H,1-3H3;2,4H,1H3,(H,5,6);1-2H3/t24-,28+,29+,30?,32-,33?,34?,36+,42-,43+,44?;;;/m1.../s1. The molecule has 0 aromatic heterocycles. The summed E-state index contributed by atoms with van der Waals surface area (Å²) in [6.07, 6.45) is -10.0. The van der Waals surface area contributed by atoms with Gasteiger partial charge in [-0.05, 0) is 83.2 Å². The normalized spacial score (nSPS) is 29.7. The van der Waals surface area contributed by atoms with Gasteiger partial charge < -0.3 is 54.5 Å². The Labute approximate surface area is 412 Å². The van der Waals surface area contributed by atoms with Gasteiger partial charge in [-0.3, -0.25) is 14.4 Å². The fraction of sp³-hybridized carbons (Fsp3) is 0.623. The molecule has 2 bridgehead atoms. The van der Waals surface area contributed by atoms with Crippen molar-refractivity contribution >= 4 is 35.8 Å². The van der Waals surface area contributed by atoms with Crippen LogP contribution in [-0.2, 0) is 42.9 Å². The molecule has 3 fully saturated rings. The number of aliphatic carboxylic acids is 1. The van der Waals surface area contributed by atoms with Gasteiger partial charge in [-0.25, -0.2) is 14.4 Å². The maximum atomic E-state index is 15.0. The molecule has 6 N–H and O–H groups in total. The van der Waals surface area contributed by atoms with E-state index in [0.29, 0.717) is 5.56 Å². The van der Waals surface area contributed by atoms with Gasteiger partial charge in [0.2, 0.25) is 0 Å². The molecule has 1 saturated heterocycles. The van der Waals surface area contributed by atoms with Gasteiger partial charge in [-0.1, -0.05) is 97.0 Å². The number of carbonyl (C=O) groups excluding carboxylic acids is 5. The number of ether oxygens (including phenoxy) is 5. The van der Waals surface area contributed by atoms with E-state index in [4.69, 9.17) is 33.9 Å². The Hall–Kier alpha value is -5.20. The number of esters is 3. The van der Waals surface area contributed by atoms with Crippen LogP contribution in [0.25, 0.3) is 0 Å². The van der Waals surface area contributed by atoms with Crippen molar-refractivity contribution in [1.82, 2.24) is 5.32 Å². The number of Topliss-reactive ketones (excluding diaryl/α,β-unsaturated/α-hetero) is 1. The molecular weight excluding hydrogens is 907 g/mol. The van der Waals surface area contributed by atoms with E-state index in [1.807, 2.05) is 13.8 Å². The second-order valence-electron chi connectivity index (χ2n) is 20.7. The average molecular weight is 984 g/mol. The van der Waals surface area contributed by atoms with Crippen molar-refractivity contribution in [3.63, 3.8) is 0 Å². The first kappa shape index (κ1) is 59.1. The monoisotopic (exact) mass is 984 g/mol. The number of hydrogen-bond donors (Lipinski definition) is 6. The molecule has 70 heavy (non-hydrogen) atoms. The molecule has 1 amide bonds. The smallest absolute Gasteiger partial charge is 0.408 e. The highest BCUT2D eigenvalue weighted by Crippen LogP contribution is 2.64. The number of hydrogen-bond acceptors (Lipinski definition) is 15. The zero-order chi connectivity index (χ0) is 53.5. The van der Waals surface area contributed by atoms with Crippen molar-refractivity contribution in [3.05, 3.63) is 82.9 Å². The first-order chi connectivity index (χ1) is 32.4. The average Bonchev–Trinajstić information content (AvgIpc) is 3.27. The maximum absolute atomic E-state index is 15.0. The van der Waals surface area contributed by atoms with Crippen LogP contribution in [-0.4, -0.2) is 121 Å². The van der Waals surface area contributed by atoms with E-state index in [9.17, 15) is 44.1 Å². The van der Waals surface area contributed by atoms with Crippen LogP contribution in [0.3, 0.4) is 0 Å². The summed E-state index contributed by atoms with van der Waals surface area (Å²) in [6.45, 7) is 25.5. The number of carboxylic acid groups (broad SMARTS) is 1. The first-order valence-electron chi connectivity index (χ1n) is 23.9. The molecule has 390 valence electrons. The van der Waals surface area contributed by atoms with Gasteiger partial charge in [0.05, 0.1) is 41.6 Å². The highest BCUT2D eigenvalue weighted by Gasteiger charge is 2.78. The number of nitrogens with one attached hydrogen (secondary N) is 1. The summed E-state index contributed by atoms with van der Waals surface area (Å²) in [7, 11) is 0. The SMILES string of the molecule is CC.CC(=O)O[C@@]12COC1C[C@H](O)[C@@]1(C)C(=O)C(O)C3=C(C)[C@@H](OC(=O)[C@H](C)[C@@H](NC(=O)OC(C)(C)C)c4ccccc4)CC(O)([C@@H](OC(=O)c4ccccc4)C21)C3(C)C.CC(C)C.CC(O)C(=O)O. The van der Waals surface area contributed by atoms with Crippen molar-refractivity contribution in [1.29, 1.82) is 0 Å². The van der Waals surface area contributed by atoms with E-state index < -0.39 is 124 Å². The second kappa shape index (κ2) is 23.4. The molecule has 5 unspecified atom stereocenters. The number of benzene rings is 2. The van der Waals surface area contributed by atoms with Gasteiger partial charge >= 0.3 is 30.0 Å². The highest BCUT2D eigenvalue weighted by atomic mass is 16.6. The lowest BCUT2D eigenvalue weighted by molar-refractivity contribution is -0.346. The Balaban J connectivity index is 0.000000970. The minimum absolute atomic E-state index is 0.0179. The number of amides is 1. The Morgan fingerprint density at radius 1 is 0.871 bits per heavy atom. The summed E-state index contributed by atoms with van der Waals surface area (Å²) in [5, 5.41) is 56.1. The molecule has 17 heteroatoms. The van der Waals surface area contributed by atoms with Crippen molar-refractivity contribution < 1.29 is 78.0 Å². The molecule has 3 aliphatic carbocycles. The summed E-state index contributed by atoms with van der Waals surface area (Å²) < 4.78 is 30.0. The van der Waals surface area contributed by atoms with Crippen molar-refractivity contribution in [2.75, 3.05) is 6.61 Å². The first-order valence-corrected chi connectivity index (χ1v) is 23.9. The summed E-state index contributed by atoms with van der Waals surface area (Å²) in [5.41, 5.74) is -7.35. The molecular formula is C53H77NO16. The number of carbonyl (C=O) groups is 6. The lowest BCUT2D eigenvalue weighted by Crippen LogP contribution is -2.81. The van der Waals surface area contributed by atoms with Gasteiger partial charge in [-0.2, -0.15) is 0 Å². The van der Waals surface area contributed by atoms with Crippen LogP contribution < -0.4 is 5.32 Å². The van der Waals surface area contributed by atoms with Gasteiger partial charge in [0.15, 0.2) is 11.4 Å². The van der Waals surface area contributed by atoms with Gasteiger partial charge in [0.25, 0.3) is 0 Å². The minimum atomic E-state index is -2.27. The van der Waals surface area contributed by atoms with Crippen LogP contribution in [0.2, 0.25) is 0 Å². The Kier molecular flexibility index (Phi) is 19.7. The third-order valence-electron chi connectivity index (χ3n) is 13.2. The fourth-order valence-electron chi connectivity index (χ4n) is 9.75. The van der Waals surface area contributed by atoms with Gasteiger partial charge in [-0.15, -0.1) is 0 Å². The van der Waals surface area contributed by atoms with Crippen LogP contribution in [0.5, 0.6) is 0 Å².